The number of benzene rings is 2. The van der Waals surface area contributed by atoms with Crippen molar-refractivity contribution < 1.29 is 23.9 Å². The number of rotatable bonds is 7. The molecule has 3 N–H and O–H groups in total. The number of hydrogen-bond acceptors (Lipinski definition) is 6. The van der Waals surface area contributed by atoms with Crippen LogP contribution in [0.2, 0.25) is 0 Å². The number of alkyl carbamates (subject to hydrolysis) is 1. The summed E-state index contributed by atoms with van der Waals surface area (Å²) in [6.07, 6.45) is 1.86. The predicted molar refractivity (Wildman–Crippen MR) is 165 cm³/mol. The molecule has 1 aliphatic rings. The van der Waals surface area contributed by atoms with E-state index < -0.39 is 17.6 Å². The number of aromatic amines is 1. The van der Waals surface area contributed by atoms with Crippen LogP contribution in [-0.4, -0.2) is 52.1 Å². The Balaban J connectivity index is 1.43. The highest BCUT2D eigenvalue weighted by Gasteiger charge is 2.30. The average molecular weight is 587 g/mol. The van der Waals surface area contributed by atoms with E-state index in [1.54, 1.807) is 30.3 Å². The van der Waals surface area contributed by atoms with Gasteiger partial charge in [0.2, 0.25) is 0 Å². The molecule has 2 heterocycles. The first-order chi connectivity index (χ1) is 20.5. The Morgan fingerprint density at radius 1 is 0.977 bits per heavy atom. The second-order valence-electron chi connectivity index (χ2n) is 12.2. The molecule has 1 saturated carbocycles. The van der Waals surface area contributed by atoms with E-state index in [2.05, 4.69) is 15.6 Å². The number of aromatic nitrogens is 2. The minimum Gasteiger partial charge on any atom is -0.493 e. The highest BCUT2D eigenvalue weighted by atomic mass is 16.6. The van der Waals surface area contributed by atoms with E-state index >= 15 is 0 Å². The van der Waals surface area contributed by atoms with E-state index in [4.69, 9.17) is 9.47 Å². The first-order valence-electron chi connectivity index (χ1n) is 14.6. The number of ketones is 1. The largest absolute Gasteiger partial charge is 0.493 e. The Bertz CT molecular complexity index is 1740. The third-order valence-electron chi connectivity index (χ3n) is 7.79. The molecule has 0 spiro atoms. The number of nitrogens with one attached hydrogen (secondary N) is 3. The van der Waals surface area contributed by atoms with Crippen LogP contribution in [0.4, 0.5) is 4.79 Å². The summed E-state index contributed by atoms with van der Waals surface area (Å²) in [4.78, 5) is 56.1. The number of aryl methyl sites for hydroxylation is 1. The van der Waals surface area contributed by atoms with Gasteiger partial charge in [0, 0.05) is 22.5 Å². The Morgan fingerprint density at radius 3 is 2.33 bits per heavy atom. The first kappa shape index (κ1) is 29.9. The smallest absolute Gasteiger partial charge is 0.407 e. The van der Waals surface area contributed by atoms with Gasteiger partial charge in [0.05, 0.1) is 24.7 Å². The fraction of sp³-hybridized carbons (Fsp3) is 0.394. The highest BCUT2D eigenvalue weighted by Crippen LogP contribution is 2.34. The Morgan fingerprint density at radius 2 is 1.67 bits per heavy atom. The summed E-state index contributed by atoms with van der Waals surface area (Å²) in [5.41, 5.74) is 1.81. The number of carbonyl (C=O) groups is 3. The lowest BCUT2D eigenvalue weighted by Crippen LogP contribution is -2.44. The quantitative estimate of drug-likeness (QED) is 0.254. The number of Topliss-reactive ketones (excluding diaryl/α,β-unsaturated/α-hetero) is 1. The van der Waals surface area contributed by atoms with Gasteiger partial charge < -0.3 is 25.1 Å². The summed E-state index contributed by atoms with van der Waals surface area (Å²) in [6.45, 7) is 7.44. The van der Waals surface area contributed by atoms with Crippen molar-refractivity contribution in [1.82, 2.24) is 20.2 Å². The van der Waals surface area contributed by atoms with Gasteiger partial charge >= 0.3 is 6.09 Å². The van der Waals surface area contributed by atoms with Crippen LogP contribution in [0.15, 0.2) is 53.3 Å². The van der Waals surface area contributed by atoms with Crippen LogP contribution in [-0.2, 0) is 11.3 Å². The minimum atomic E-state index is -0.443. The standard InChI is InChI=1S/C33H38N4O6/c1-19-10-9-13-23-25(19)27-26(31(40)37(23)18-24(38)20-11-7-6-8-12-20)29(42-5)28(35-27)30(39)34-21-14-16-22(17-15-21)43-32(41)36-33(2,3)4/h6-13,21-22,35H,14-18H2,1-5H3,(H,34,39)(H,36,41). The third kappa shape index (κ3) is 6.28. The van der Waals surface area contributed by atoms with E-state index in [1.165, 1.54) is 11.7 Å². The zero-order valence-corrected chi connectivity index (χ0v) is 25.2. The van der Waals surface area contributed by atoms with Crippen LogP contribution in [0.5, 0.6) is 5.75 Å². The number of amides is 2. The lowest BCUT2D eigenvalue weighted by Gasteiger charge is -2.30. The van der Waals surface area contributed by atoms with Gasteiger partial charge in [-0.05, 0) is 65.0 Å². The van der Waals surface area contributed by atoms with Gasteiger partial charge in [-0.1, -0.05) is 42.5 Å². The molecule has 1 aliphatic carbocycles. The SMILES string of the molecule is COc1c(C(=O)NC2CCC(OC(=O)NC(C)(C)C)CC2)[nH]c2c1c(=O)n(CC(=O)c1ccccc1)c1cccc(C)c21. The number of nitrogens with zero attached hydrogens (tertiary/aromatic N) is 1. The van der Waals surface area contributed by atoms with Crippen molar-refractivity contribution in [2.45, 2.75) is 77.6 Å². The van der Waals surface area contributed by atoms with Crippen molar-refractivity contribution in [1.29, 1.82) is 0 Å². The summed E-state index contributed by atoms with van der Waals surface area (Å²) in [5, 5.41) is 6.83. The zero-order chi connectivity index (χ0) is 30.9. The van der Waals surface area contributed by atoms with Crippen LogP contribution in [0.3, 0.4) is 0 Å². The minimum absolute atomic E-state index is 0.132. The summed E-state index contributed by atoms with van der Waals surface area (Å²) in [7, 11) is 1.42. The highest BCUT2D eigenvalue weighted by molar-refractivity contribution is 6.12. The number of H-pyrrole nitrogens is 1. The summed E-state index contributed by atoms with van der Waals surface area (Å²) in [5.74, 6) is -0.455. The number of ether oxygens (including phenoxy) is 2. The van der Waals surface area contributed by atoms with Crippen molar-refractivity contribution in [2.75, 3.05) is 7.11 Å². The molecule has 0 bridgehead atoms. The zero-order valence-electron chi connectivity index (χ0n) is 25.2. The number of carbonyl (C=O) groups excluding carboxylic acids is 3. The second-order valence-corrected chi connectivity index (χ2v) is 12.2. The van der Waals surface area contributed by atoms with Gasteiger partial charge in [-0.15, -0.1) is 0 Å². The molecule has 10 nitrogen and oxygen atoms in total. The van der Waals surface area contributed by atoms with E-state index in [9.17, 15) is 19.2 Å². The molecule has 2 aromatic heterocycles. The molecule has 5 rings (SSSR count). The van der Waals surface area contributed by atoms with Crippen molar-refractivity contribution in [3.8, 4) is 5.75 Å². The molecular weight excluding hydrogens is 548 g/mol. The Hall–Kier alpha value is -4.60. The van der Waals surface area contributed by atoms with Crippen LogP contribution < -0.4 is 20.9 Å². The molecule has 1 fully saturated rings. The van der Waals surface area contributed by atoms with Crippen molar-refractivity contribution in [3.05, 3.63) is 75.7 Å². The molecule has 0 unspecified atom stereocenters. The van der Waals surface area contributed by atoms with Gasteiger partial charge in [-0.3, -0.25) is 19.0 Å². The molecule has 0 saturated heterocycles. The molecule has 10 heteroatoms. The molecule has 0 aliphatic heterocycles. The molecule has 2 amide bonds. The van der Waals surface area contributed by atoms with Gasteiger partial charge in [0.1, 0.15) is 17.2 Å². The summed E-state index contributed by atoms with van der Waals surface area (Å²) in [6, 6.07) is 14.3. The van der Waals surface area contributed by atoms with Gasteiger partial charge in [0.15, 0.2) is 11.5 Å². The van der Waals surface area contributed by atoms with E-state index in [1.807, 2.05) is 45.9 Å². The van der Waals surface area contributed by atoms with Crippen LogP contribution in [0, 0.1) is 6.92 Å². The fourth-order valence-electron chi connectivity index (χ4n) is 5.77. The lowest BCUT2D eigenvalue weighted by molar-refractivity contribution is 0.0614. The molecular formula is C33H38N4O6. The third-order valence-corrected chi connectivity index (χ3v) is 7.79. The maximum Gasteiger partial charge on any atom is 0.407 e. The molecule has 0 atom stereocenters. The van der Waals surface area contributed by atoms with Crippen LogP contribution >= 0.6 is 0 Å². The van der Waals surface area contributed by atoms with Crippen LogP contribution in [0.25, 0.3) is 21.8 Å². The lowest BCUT2D eigenvalue weighted by atomic mass is 9.93. The topological polar surface area (TPSA) is 132 Å². The Kier molecular flexibility index (Phi) is 8.30. The average Bonchev–Trinajstić information content (AvgIpc) is 3.35. The Labute approximate surface area is 249 Å². The fourth-order valence-corrected chi connectivity index (χ4v) is 5.77. The summed E-state index contributed by atoms with van der Waals surface area (Å²) >= 11 is 0. The molecule has 0 radical (unpaired) electrons. The number of hydrogen-bond donors (Lipinski definition) is 3. The molecule has 226 valence electrons. The van der Waals surface area contributed by atoms with Crippen molar-refractivity contribution in [3.63, 3.8) is 0 Å². The molecule has 43 heavy (non-hydrogen) atoms. The first-order valence-corrected chi connectivity index (χ1v) is 14.6. The van der Waals surface area contributed by atoms with Gasteiger partial charge in [-0.2, -0.15) is 0 Å². The predicted octanol–water partition coefficient (Wildman–Crippen LogP) is 5.25. The van der Waals surface area contributed by atoms with E-state index in [0.717, 1.165) is 10.9 Å². The molecule has 4 aromatic rings. The maximum absolute atomic E-state index is 14.0. The van der Waals surface area contributed by atoms with Crippen molar-refractivity contribution in [2.24, 2.45) is 0 Å². The second kappa shape index (κ2) is 11.9. The van der Waals surface area contributed by atoms with Crippen LogP contribution in [0.1, 0.15) is 72.9 Å². The maximum atomic E-state index is 14.0. The summed E-state index contributed by atoms with van der Waals surface area (Å²) < 4.78 is 12.7. The van der Waals surface area contributed by atoms with E-state index in [-0.39, 0.29) is 46.8 Å². The van der Waals surface area contributed by atoms with Gasteiger partial charge in [0.25, 0.3) is 11.5 Å². The van der Waals surface area contributed by atoms with Gasteiger partial charge in [-0.25, -0.2) is 4.79 Å². The molecule has 2 aromatic carbocycles. The number of pyridine rings is 1. The normalized spacial score (nSPS) is 17.0. The monoisotopic (exact) mass is 586 g/mol. The van der Waals surface area contributed by atoms with E-state index in [0.29, 0.717) is 42.3 Å². The number of methoxy groups -OCH3 is 1. The van der Waals surface area contributed by atoms with Crippen molar-refractivity contribution >= 4 is 39.6 Å². The number of fused-ring (bicyclic) bond motifs is 3.